The Morgan fingerprint density at radius 3 is 1.94 bits per heavy atom. The highest BCUT2D eigenvalue weighted by atomic mass is 79.9. The van der Waals surface area contributed by atoms with Gasteiger partial charge in [-0.05, 0) is 51.9 Å². The van der Waals surface area contributed by atoms with Gasteiger partial charge in [-0.15, -0.1) is 0 Å². The molecule has 36 heavy (non-hydrogen) atoms. The van der Waals surface area contributed by atoms with E-state index in [1.54, 1.807) is 0 Å². The number of hydrogen-bond donors (Lipinski definition) is 0. The molecule has 0 amide bonds. The van der Waals surface area contributed by atoms with Gasteiger partial charge in [-0.2, -0.15) is 0 Å². The molecule has 0 aliphatic rings. The first kappa shape index (κ1) is 21.2. The van der Waals surface area contributed by atoms with Gasteiger partial charge in [-0.1, -0.05) is 125 Å². The molecular formula is C34H22BrN. The standard InChI is InChI=1S/C34H22BrN/c35-31-17-7-5-15-28(31)27-14-4-3-12-25(27)24-20-21-30-29-16-6-8-18-33(29)36(34(30)22-24)32-19-9-11-23-10-1-2-13-26(23)32/h1-22H. The maximum atomic E-state index is 3.76. The predicted octanol–water partition coefficient (Wildman–Crippen LogP) is 10.0. The van der Waals surface area contributed by atoms with E-state index in [9.17, 15) is 0 Å². The topological polar surface area (TPSA) is 4.93 Å². The molecule has 1 heterocycles. The van der Waals surface area contributed by atoms with Crippen molar-refractivity contribution in [1.29, 1.82) is 0 Å². The average Bonchev–Trinajstić information content (AvgIpc) is 3.26. The van der Waals surface area contributed by atoms with Crippen molar-refractivity contribution in [2.75, 3.05) is 0 Å². The molecule has 0 fully saturated rings. The number of rotatable bonds is 3. The maximum absolute atomic E-state index is 3.76. The number of para-hydroxylation sites is 1. The Kier molecular flexibility index (Phi) is 5.00. The van der Waals surface area contributed by atoms with Gasteiger partial charge in [0, 0.05) is 20.6 Å². The van der Waals surface area contributed by atoms with Crippen LogP contribution in [0.3, 0.4) is 0 Å². The quantitative estimate of drug-likeness (QED) is 0.217. The van der Waals surface area contributed by atoms with E-state index in [1.807, 2.05) is 0 Å². The first-order valence-electron chi connectivity index (χ1n) is 12.2. The highest BCUT2D eigenvalue weighted by Crippen LogP contribution is 2.40. The third-order valence-electron chi connectivity index (χ3n) is 7.08. The van der Waals surface area contributed by atoms with Crippen molar-refractivity contribution in [2.45, 2.75) is 0 Å². The second kappa shape index (κ2) is 8.51. The first-order chi connectivity index (χ1) is 17.8. The van der Waals surface area contributed by atoms with Crippen LogP contribution in [-0.2, 0) is 0 Å². The zero-order chi connectivity index (χ0) is 24.1. The van der Waals surface area contributed by atoms with E-state index in [0.717, 1.165) is 4.47 Å². The Morgan fingerprint density at radius 1 is 0.444 bits per heavy atom. The lowest BCUT2D eigenvalue weighted by Crippen LogP contribution is -1.95. The van der Waals surface area contributed by atoms with Crippen LogP contribution in [0.25, 0.3) is 60.5 Å². The lowest BCUT2D eigenvalue weighted by molar-refractivity contribution is 1.20. The van der Waals surface area contributed by atoms with Gasteiger partial charge in [0.15, 0.2) is 0 Å². The molecule has 0 spiro atoms. The fourth-order valence-electron chi connectivity index (χ4n) is 5.45. The average molecular weight is 524 g/mol. The van der Waals surface area contributed by atoms with Gasteiger partial charge in [0.25, 0.3) is 0 Å². The molecule has 7 rings (SSSR count). The second-order valence-corrected chi connectivity index (χ2v) is 9.96. The molecule has 0 saturated heterocycles. The van der Waals surface area contributed by atoms with Gasteiger partial charge >= 0.3 is 0 Å². The lowest BCUT2D eigenvalue weighted by atomic mass is 9.94. The molecule has 0 aliphatic heterocycles. The smallest absolute Gasteiger partial charge is 0.0547 e. The van der Waals surface area contributed by atoms with Crippen molar-refractivity contribution in [3.05, 3.63) is 138 Å². The van der Waals surface area contributed by atoms with E-state index >= 15 is 0 Å². The maximum Gasteiger partial charge on any atom is 0.0547 e. The summed E-state index contributed by atoms with van der Waals surface area (Å²) in [5, 5.41) is 5.03. The van der Waals surface area contributed by atoms with Gasteiger partial charge < -0.3 is 4.57 Å². The Morgan fingerprint density at radius 2 is 1.08 bits per heavy atom. The van der Waals surface area contributed by atoms with Crippen LogP contribution in [-0.4, -0.2) is 4.57 Å². The number of fused-ring (bicyclic) bond motifs is 4. The Bertz CT molecular complexity index is 1910. The summed E-state index contributed by atoms with van der Waals surface area (Å²) >= 11 is 3.76. The van der Waals surface area contributed by atoms with Crippen LogP contribution < -0.4 is 0 Å². The number of aromatic nitrogens is 1. The number of halogens is 1. The summed E-state index contributed by atoms with van der Waals surface area (Å²) in [6, 6.07) is 47.9. The van der Waals surface area contributed by atoms with Gasteiger partial charge in [0.05, 0.1) is 16.7 Å². The van der Waals surface area contributed by atoms with Crippen LogP contribution in [0.2, 0.25) is 0 Å². The van der Waals surface area contributed by atoms with Crippen LogP contribution in [0.1, 0.15) is 0 Å². The molecule has 0 bridgehead atoms. The summed E-state index contributed by atoms with van der Waals surface area (Å²) < 4.78 is 3.53. The van der Waals surface area contributed by atoms with Crippen LogP contribution in [0.4, 0.5) is 0 Å². The molecule has 7 aromatic rings. The van der Waals surface area contributed by atoms with E-state index in [-0.39, 0.29) is 0 Å². The van der Waals surface area contributed by atoms with Crippen molar-refractivity contribution >= 4 is 48.5 Å². The molecule has 0 aliphatic carbocycles. The van der Waals surface area contributed by atoms with Crippen LogP contribution >= 0.6 is 15.9 Å². The SMILES string of the molecule is Brc1ccccc1-c1ccccc1-c1ccc2c3ccccc3n(-c3cccc4ccccc34)c2c1. The molecule has 0 radical (unpaired) electrons. The van der Waals surface area contributed by atoms with Crippen molar-refractivity contribution < 1.29 is 0 Å². The molecule has 6 aromatic carbocycles. The number of hydrogen-bond acceptors (Lipinski definition) is 0. The minimum absolute atomic E-state index is 1.10. The summed E-state index contributed by atoms with van der Waals surface area (Å²) in [7, 11) is 0. The molecule has 0 unspecified atom stereocenters. The van der Waals surface area contributed by atoms with Crippen LogP contribution in [0.5, 0.6) is 0 Å². The number of benzene rings is 6. The van der Waals surface area contributed by atoms with Gasteiger partial charge in [0.1, 0.15) is 0 Å². The van der Waals surface area contributed by atoms with E-state index < -0.39 is 0 Å². The van der Waals surface area contributed by atoms with E-state index in [1.165, 1.54) is 60.5 Å². The zero-order valence-electron chi connectivity index (χ0n) is 19.5. The summed E-state index contributed by atoms with van der Waals surface area (Å²) in [5.74, 6) is 0. The fourth-order valence-corrected chi connectivity index (χ4v) is 5.95. The first-order valence-corrected chi connectivity index (χ1v) is 12.9. The minimum atomic E-state index is 1.10. The van der Waals surface area contributed by atoms with Crippen molar-refractivity contribution in [3.8, 4) is 27.9 Å². The van der Waals surface area contributed by atoms with Gasteiger partial charge in [0.2, 0.25) is 0 Å². The summed E-state index contributed by atoms with van der Waals surface area (Å²) in [6.07, 6.45) is 0. The molecular weight excluding hydrogens is 502 g/mol. The second-order valence-electron chi connectivity index (χ2n) is 9.11. The summed E-state index contributed by atoms with van der Waals surface area (Å²) in [4.78, 5) is 0. The molecule has 2 heteroatoms. The third kappa shape index (κ3) is 3.30. The van der Waals surface area contributed by atoms with Crippen molar-refractivity contribution in [1.82, 2.24) is 4.57 Å². The third-order valence-corrected chi connectivity index (χ3v) is 7.77. The van der Waals surface area contributed by atoms with E-state index in [0.29, 0.717) is 0 Å². The Labute approximate surface area is 218 Å². The molecule has 170 valence electrons. The molecule has 0 saturated carbocycles. The predicted molar refractivity (Wildman–Crippen MR) is 157 cm³/mol. The van der Waals surface area contributed by atoms with Crippen LogP contribution in [0.15, 0.2) is 138 Å². The zero-order valence-corrected chi connectivity index (χ0v) is 21.1. The van der Waals surface area contributed by atoms with Crippen molar-refractivity contribution in [2.24, 2.45) is 0 Å². The van der Waals surface area contributed by atoms with E-state index in [2.05, 4.69) is 154 Å². The number of nitrogens with zero attached hydrogens (tertiary/aromatic N) is 1. The minimum Gasteiger partial charge on any atom is -0.309 e. The molecule has 0 N–H and O–H groups in total. The van der Waals surface area contributed by atoms with E-state index in [4.69, 9.17) is 0 Å². The monoisotopic (exact) mass is 523 g/mol. The Hall–Kier alpha value is -4.14. The summed E-state index contributed by atoms with van der Waals surface area (Å²) in [6.45, 7) is 0. The largest absolute Gasteiger partial charge is 0.309 e. The Balaban J connectivity index is 1.55. The molecule has 1 nitrogen and oxygen atoms in total. The van der Waals surface area contributed by atoms with Gasteiger partial charge in [-0.3, -0.25) is 0 Å². The van der Waals surface area contributed by atoms with Crippen LogP contribution in [0, 0.1) is 0 Å². The van der Waals surface area contributed by atoms with Crippen molar-refractivity contribution in [3.63, 3.8) is 0 Å². The molecule has 1 aromatic heterocycles. The summed E-state index contributed by atoms with van der Waals surface area (Å²) in [5.41, 5.74) is 8.49. The fraction of sp³-hybridized carbons (Fsp3) is 0. The van der Waals surface area contributed by atoms with Gasteiger partial charge in [-0.25, -0.2) is 0 Å². The highest BCUT2D eigenvalue weighted by molar-refractivity contribution is 9.10. The highest BCUT2D eigenvalue weighted by Gasteiger charge is 2.16. The molecule has 0 atom stereocenters. The normalized spacial score (nSPS) is 11.5. The lowest BCUT2D eigenvalue weighted by Gasteiger charge is -2.14.